The van der Waals surface area contributed by atoms with Crippen molar-refractivity contribution in [3.63, 3.8) is 0 Å². The van der Waals surface area contributed by atoms with Crippen LogP contribution in [0, 0.1) is 0 Å². The molecule has 82 valence electrons. The number of hydrogen-bond donors (Lipinski definition) is 2. The van der Waals surface area contributed by atoms with E-state index in [-0.39, 0.29) is 11.4 Å². The molecule has 0 aromatic heterocycles. The van der Waals surface area contributed by atoms with Crippen molar-refractivity contribution in [3.05, 3.63) is 36.1 Å². The third-order valence-corrected chi connectivity index (χ3v) is 1.71. The second-order valence-electron chi connectivity index (χ2n) is 2.70. The predicted molar refractivity (Wildman–Crippen MR) is 48.5 cm³/mol. The fourth-order valence-corrected chi connectivity index (χ4v) is 1.15. The second-order valence-corrected chi connectivity index (χ2v) is 2.70. The topological polar surface area (TPSA) is 35.2 Å². The van der Waals surface area contributed by atoms with Crippen molar-refractivity contribution in [2.45, 2.75) is 6.18 Å². The van der Waals surface area contributed by atoms with Crippen LogP contribution in [0.15, 0.2) is 36.1 Å². The molecular formula is C9H10F3N2O+. The largest absolute Gasteiger partial charge is 0.420 e. The van der Waals surface area contributed by atoms with Crippen LogP contribution in [-0.4, -0.2) is 19.1 Å². The molecule has 1 heterocycles. The second kappa shape index (κ2) is 4.31. The number of hydroxylamine groups is 1. The Morgan fingerprint density at radius 3 is 2.67 bits per heavy atom. The van der Waals surface area contributed by atoms with E-state index < -0.39 is 11.7 Å². The number of nitrogens with one attached hydrogen (secondary N) is 2. The van der Waals surface area contributed by atoms with Gasteiger partial charge in [-0.1, -0.05) is 12.7 Å². The molecule has 3 nitrogen and oxygen atoms in total. The van der Waals surface area contributed by atoms with Crippen LogP contribution in [0.2, 0.25) is 0 Å². The summed E-state index contributed by atoms with van der Waals surface area (Å²) in [5.41, 5.74) is 1.53. The maximum atomic E-state index is 12.5. The molecule has 0 fully saturated rings. The first-order valence-electron chi connectivity index (χ1n) is 4.04. The van der Waals surface area contributed by atoms with Crippen LogP contribution < -0.4 is 10.5 Å². The van der Waals surface area contributed by atoms with Crippen LogP contribution >= 0.6 is 0 Å². The number of alkyl halides is 3. The minimum Gasteiger partial charge on any atom is -0.244 e. The molecule has 0 aliphatic carbocycles. The van der Waals surface area contributed by atoms with E-state index in [9.17, 15) is 13.2 Å². The Morgan fingerprint density at radius 2 is 2.20 bits per heavy atom. The Kier molecular flexibility index (Phi) is 3.31. The number of allylic oxidation sites excluding steroid dienone is 2. The molecule has 15 heavy (non-hydrogen) atoms. The van der Waals surface area contributed by atoms with Crippen LogP contribution in [0.4, 0.5) is 13.2 Å². The molecule has 2 N–H and O–H groups in total. The van der Waals surface area contributed by atoms with Gasteiger partial charge >= 0.3 is 12.0 Å². The molecule has 0 unspecified atom stereocenters. The van der Waals surface area contributed by atoms with Crippen molar-refractivity contribution < 1.29 is 23.0 Å². The van der Waals surface area contributed by atoms with E-state index in [1.54, 1.807) is 0 Å². The lowest BCUT2D eigenvalue weighted by Gasteiger charge is -2.07. The van der Waals surface area contributed by atoms with Crippen LogP contribution in [0.1, 0.15) is 0 Å². The fourth-order valence-electron chi connectivity index (χ4n) is 1.15. The lowest BCUT2D eigenvalue weighted by Crippen LogP contribution is -2.67. The SMILES string of the molecule is C=C/C=C1/C(C(F)(F)F)=C[NH+]=C1NOC. The molecule has 0 aromatic rings. The van der Waals surface area contributed by atoms with Gasteiger partial charge < -0.3 is 0 Å². The Balaban J connectivity index is 2.99. The van der Waals surface area contributed by atoms with E-state index in [0.29, 0.717) is 0 Å². The molecule has 1 rings (SSSR count). The summed E-state index contributed by atoms with van der Waals surface area (Å²) in [7, 11) is 1.31. The Labute approximate surface area is 84.6 Å². The molecule has 0 radical (unpaired) electrons. The molecule has 1 aliphatic heterocycles. The maximum absolute atomic E-state index is 12.5. The summed E-state index contributed by atoms with van der Waals surface area (Å²) in [6, 6.07) is 0. The average molecular weight is 219 g/mol. The molecule has 0 atom stereocenters. The highest BCUT2D eigenvalue weighted by molar-refractivity contribution is 5.99. The first-order chi connectivity index (χ1) is 7.00. The van der Waals surface area contributed by atoms with Crippen molar-refractivity contribution in [1.82, 2.24) is 5.48 Å². The lowest BCUT2D eigenvalue weighted by atomic mass is 10.1. The Hall–Kier alpha value is -1.56. The summed E-state index contributed by atoms with van der Waals surface area (Å²) in [6.45, 7) is 3.35. The van der Waals surface area contributed by atoms with Gasteiger partial charge in [0.25, 0.3) is 0 Å². The Bertz CT molecular complexity index is 353. The van der Waals surface area contributed by atoms with Crippen LogP contribution in [0.25, 0.3) is 0 Å². The molecule has 0 spiro atoms. The van der Waals surface area contributed by atoms with Gasteiger partial charge in [0.1, 0.15) is 11.8 Å². The number of amidine groups is 1. The maximum Gasteiger partial charge on any atom is 0.420 e. The normalized spacial score (nSPS) is 18.8. The van der Waals surface area contributed by atoms with Gasteiger partial charge in [-0.2, -0.15) is 13.2 Å². The monoisotopic (exact) mass is 219 g/mol. The summed E-state index contributed by atoms with van der Waals surface area (Å²) in [6.07, 6.45) is -1.00. The number of halogens is 3. The van der Waals surface area contributed by atoms with Crippen LogP contribution in [0.5, 0.6) is 0 Å². The molecule has 1 aliphatic rings. The van der Waals surface area contributed by atoms with Gasteiger partial charge in [0.15, 0.2) is 0 Å². The van der Waals surface area contributed by atoms with Crippen molar-refractivity contribution in [2.75, 3.05) is 7.11 Å². The molecule has 0 amide bonds. The predicted octanol–water partition coefficient (Wildman–Crippen LogP) is 0.189. The summed E-state index contributed by atoms with van der Waals surface area (Å²) in [5, 5.41) is 0. The van der Waals surface area contributed by atoms with Gasteiger partial charge in [-0.05, 0) is 6.08 Å². The van der Waals surface area contributed by atoms with E-state index in [1.807, 2.05) is 0 Å². The molecule has 0 saturated heterocycles. The van der Waals surface area contributed by atoms with Crippen LogP contribution in [0.3, 0.4) is 0 Å². The Morgan fingerprint density at radius 1 is 1.53 bits per heavy atom. The minimum atomic E-state index is -4.40. The highest BCUT2D eigenvalue weighted by Crippen LogP contribution is 2.31. The average Bonchev–Trinajstić information content (AvgIpc) is 2.49. The van der Waals surface area contributed by atoms with Crippen molar-refractivity contribution in [2.24, 2.45) is 0 Å². The van der Waals surface area contributed by atoms with Crippen molar-refractivity contribution >= 4 is 5.84 Å². The third-order valence-electron chi connectivity index (χ3n) is 1.71. The summed E-state index contributed by atoms with van der Waals surface area (Å²) in [5.74, 6) is 0.143. The quantitative estimate of drug-likeness (QED) is 0.650. The van der Waals surface area contributed by atoms with Crippen molar-refractivity contribution in [3.8, 4) is 0 Å². The summed E-state index contributed by atoms with van der Waals surface area (Å²) < 4.78 is 37.4. The van der Waals surface area contributed by atoms with E-state index in [1.165, 1.54) is 19.3 Å². The van der Waals surface area contributed by atoms with Gasteiger partial charge in [0, 0.05) is 0 Å². The molecular weight excluding hydrogens is 209 g/mol. The van der Waals surface area contributed by atoms with E-state index >= 15 is 0 Å². The smallest absolute Gasteiger partial charge is 0.244 e. The zero-order chi connectivity index (χ0) is 11.5. The van der Waals surface area contributed by atoms with E-state index in [0.717, 1.165) is 6.20 Å². The molecule has 0 saturated carbocycles. The first-order valence-corrected chi connectivity index (χ1v) is 4.04. The van der Waals surface area contributed by atoms with Gasteiger partial charge in [-0.15, -0.1) is 5.48 Å². The fraction of sp³-hybridized carbons (Fsp3) is 0.222. The highest BCUT2D eigenvalue weighted by atomic mass is 19.4. The van der Waals surface area contributed by atoms with Crippen LogP contribution in [-0.2, 0) is 4.84 Å². The molecule has 6 heteroatoms. The molecule has 0 bridgehead atoms. The zero-order valence-corrected chi connectivity index (χ0v) is 7.98. The third kappa shape index (κ3) is 2.47. The van der Waals surface area contributed by atoms with Gasteiger partial charge in [-0.3, -0.25) is 0 Å². The number of hydrogen-bond acceptors (Lipinski definition) is 2. The van der Waals surface area contributed by atoms with E-state index in [4.69, 9.17) is 0 Å². The standard InChI is InChI=1S/C9H9F3N2O/c1-3-4-6-7(9(10,11)12)5-13-8(6)14-15-2/h3-5H,1H2,2H3,(H,13,14)/p+1/b6-4-. The van der Waals surface area contributed by atoms with Crippen molar-refractivity contribution in [1.29, 1.82) is 0 Å². The number of rotatable bonds is 2. The molecule has 0 aromatic carbocycles. The minimum absolute atomic E-state index is 0.0284. The lowest BCUT2D eigenvalue weighted by molar-refractivity contribution is -0.375. The first kappa shape index (κ1) is 11.5. The highest BCUT2D eigenvalue weighted by Gasteiger charge is 2.42. The van der Waals surface area contributed by atoms with Gasteiger partial charge in [0.2, 0.25) is 0 Å². The zero-order valence-electron chi connectivity index (χ0n) is 7.98. The summed E-state index contributed by atoms with van der Waals surface area (Å²) in [4.78, 5) is 6.97. The van der Waals surface area contributed by atoms with Gasteiger partial charge in [0.05, 0.1) is 12.7 Å². The summed E-state index contributed by atoms with van der Waals surface area (Å²) >= 11 is 0. The van der Waals surface area contributed by atoms with E-state index in [2.05, 4.69) is 21.9 Å². The van der Waals surface area contributed by atoms with Gasteiger partial charge in [-0.25, -0.2) is 9.83 Å².